The van der Waals surface area contributed by atoms with Crippen LogP contribution in [0.3, 0.4) is 0 Å². The summed E-state index contributed by atoms with van der Waals surface area (Å²) in [5.41, 5.74) is 4.11. The van der Waals surface area contributed by atoms with Crippen molar-refractivity contribution in [3.05, 3.63) is 61.1 Å². The lowest BCUT2D eigenvalue weighted by Gasteiger charge is -2.25. The maximum absolute atomic E-state index is 12.6. The highest BCUT2D eigenvalue weighted by Crippen LogP contribution is 2.40. The van der Waals surface area contributed by atoms with Gasteiger partial charge in [-0.2, -0.15) is 5.10 Å². The molecular weight excluding hydrogens is 529 g/mol. The van der Waals surface area contributed by atoms with Gasteiger partial charge < -0.3 is 15.5 Å². The van der Waals surface area contributed by atoms with Gasteiger partial charge in [0.25, 0.3) is 11.8 Å². The van der Waals surface area contributed by atoms with E-state index >= 15 is 0 Å². The molecule has 1 aliphatic rings. The molecule has 2 amide bonds. The Labute approximate surface area is 220 Å². The van der Waals surface area contributed by atoms with E-state index in [1.807, 2.05) is 0 Å². The summed E-state index contributed by atoms with van der Waals surface area (Å²) in [6, 6.07) is 8.32. The molecule has 0 atom stereocenters. The second-order valence-electron chi connectivity index (χ2n) is 8.24. The van der Waals surface area contributed by atoms with E-state index in [2.05, 4.69) is 15.8 Å². The van der Waals surface area contributed by atoms with E-state index in [0.717, 1.165) is 29.7 Å². The molecule has 2 heterocycles. The average molecular weight is 553 g/mol. The summed E-state index contributed by atoms with van der Waals surface area (Å²) < 4.78 is 0. The average Bonchev–Trinajstić information content (AvgIpc) is 3.48. The number of aliphatic hydroxyl groups excluding tert-OH is 1. The molecule has 0 saturated heterocycles. The summed E-state index contributed by atoms with van der Waals surface area (Å²) in [4.78, 5) is 26.5. The Balaban J connectivity index is 1.39. The van der Waals surface area contributed by atoms with Crippen LogP contribution in [-0.4, -0.2) is 39.9 Å². The summed E-state index contributed by atoms with van der Waals surface area (Å²) in [6.07, 6.45) is 2.54. The van der Waals surface area contributed by atoms with Crippen molar-refractivity contribution in [3.63, 3.8) is 0 Å². The van der Waals surface area contributed by atoms with Gasteiger partial charge in [0.15, 0.2) is 0 Å². The third-order valence-electron chi connectivity index (χ3n) is 5.75. The summed E-state index contributed by atoms with van der Waals surface area (Å²) >= 11 is 14.5. The van der Waals surface area contributed by atoms with Crippen LogP contribution in [0.15, 0.2) is 40.8 Å². The molecule has 0 aliphatic heterocycles. The molecule has 0 radical (unpaired) electrons. The molecule has 0 unspecified atom stereocenters. The van der Waals surface area contributed by atoms with Gasteiger partial charge in [0.2, 0.25) is 0 Å². The second-order valence-corrected chi connectivity index (χ2v) is 11.0. The van der Waals surface area contributed by atoms with Crippen molar-refractivity contribution in [1.29, 1.82) is 0 Å². The Bertz CT molecular complexity index is 1280. The highest BCUT2D eigenvalue weighted by atomic mass is 35.5. The molecule has 4 N–H and O–H groups in total. The molecule has 11 heteroatoms. The first-order valence-corrected chi connectivity index (χ1v) is 13.4. The number of nitrogens with zero attached hydrogens (tertiary/aromatic N) is 1. The largest absolute Gasteiger partial charge is 0.506 e. The Kier molecular flexibility index (Phi) is 8.13. The Morgan fingerprint density at radius 2 is 1.71 bits per heavy atom. The second kappa shape index (κ2) is 11.1. The summed E-state index contributed by atoms with van der Waals surface area (Å²) in [7, 11) is 0. The van der Waals surface area contributed by atoms with Gasteiger partial charge in [-0.05, 0) is 62.4 Å². The minimum atomic E-state index is -0.450. The number of hydrogen-bond donors (Lipinski definition) is 4. The number of aliphatic hydroxyl groups is 1. The van der Waals surface area contributed by atoms with Gasteiger partial charge in [0.1, 0.15) is 5.75 Å². The first kappa shape index (κ1) is 25.7. The predicted molar refractivity (Wildman–Crippen MR) is 141 cm³/mol. The number of carbonyl (C=O) groups is 2. The number of benzene rings is 1. The van der Waals surface area contributed by atoms with E-state index in [0.29, 0.717) is 48.8 Å². The molecule has 4 rings (SSSR count). The van der Waals surface area contributed by atoms with Gasteiger partial charge in [-0.15, -0.1) is 22.7 Å². The number of aromatic hydroxyl groups is 1. The van der Waals surface area contributed by atoms with Crippen LogP contribution >= 0.6 is 45.9 Å². The predicted octanol–water partition coefficient (Wildman–Crippen LogP) is 5.68. The van der Waals surface area contributed by atoms with Crippen LogP contribution in [0.2, 0.25) is 10.0 Å². The third kappa shape index (κ3) is 6.05. The van der Waals surface area contributed by atoms with Crippen LogP contribution in [0, 0.1) is 0 Å². The molecular formula is C24H23Cl2N3O4S2. The summed E-state index contributed by atoms with van der Waals surface area (Å²) in [6.45, 7) is 1.68. The topological polar surface area (TPSA) is 111 Å². The Morgan fingerprint density at radius 3 is 2.40 bits per heavy atom. The van der Waals surface area contributed by atoms with Gasteiger partial charge in [-0.1, -0.05) is 29.3 Å². The van der Waals surface area contributed by atoms with Crippen molar-refractivity contribution < 1.29 is 19.8 Å². The van der Waals surface area contributed by atoms with Crippen LogP contribution in [0.4, 0.5) is 0 Å². The van der Waals surface area contributed by atoms with Crippen LogP contribution < -0.4 is 10.7 Å². The highest BCUT2D eigenvalue weighted by Gasteiger charge is 2.22. The fraction of sp³-hybridized carbons (Fsp3) is 0.292. The Morgan fingerprint density at radius 1 is 1.03 bits per heavy atom. The van der Waals surface area contributed by atoms with Crippen molar-refractivity contribution in [3.8, 4) is 16.2 Å². The van der Waals surface area contributed by atoms with Crippen LogP contribution in [0.1, 0.15) is 57.5 Å². The highest BCUT2D eigenvalue weighted by molar-refractivity contribution is 7.16. The first-order valence-electron chi connectivity index (χ1n) is 10.9. The van der Waals surface area contributed by atoms with Crippen LogP contribution in [0.5, 0.6) is 5.75 Å². The fourth-order valence-corrected chi connectivity index (χ4v) is 5.86. The monoisotopic (exact) mass is 551 g/mol. The van der Waals surface area contributed by atoms with E-state index in [-0.39, 0.29) is 23.8 Å². The molecule has 7 nitrogen and oxygen atoms in total. The van der Waals surface area contributed by atoms with Crippen LogP contribution in [-0.2, 0) is 0 Å². The number of hydrazone groups is 1. The third-order valence-corrected chi connectivity index (χ3v) is 8.59. The smallest absolute Gasteiger partial charge is 0.281 e. The molecule has 1 aromatic carbocycles. The molecule has 1 aliphatic carbocycles. The maximum atomic E-state index is 12.6. The lowest BCUT2D eigenvalue weighted by molar-refractivity contribution is 0.0871. The van der Waals surface area contributed by atoms with Gasteiger partial charge in [0, 0.05) is 11.4 Å². The normalized spacial score (nSPS) is 18.3. The molecule has 3 aromatic rings. The van der Waals surface area contributed by atoms with E-state index in [1.165, 1.54) is 11.3 Å². The first-order chi connectivity index (χ1) is 16.7. The number of thiophene rings is 2. The lowest BCUT2D eigenvalue weighted by atomic mass is 9.93. The molecule has 184 valence electrons. The van der Waals surface area contributed by atoms with E-state index in [1.54, 1.807) is 42.6 Å². The van der Waals surface area contributed by atoms with Crippen molar-refractivity contribution >= 4 is 63.4 Å². The van der Waals surface area contributed by atoms with E-state index in [9.17, 15) is 19.8 Å². The molecule has 0 bridgehead atoms. The molecule has 1 fully saturated rings. The number of carbonyl (C=O) groups excluding carboxylic acids is 2. The number of nitrogens with one attached hydrogen (secondary N) is 2. The minimum absolute atomic E-state index is 0.0320. The van der Waals surface area contributed by atoms with E-state index in [4.69, 9.17) is 23.2 Å². The quantitative estimate of drug-likeness (QED) is 0.233. The van der Waals surface area contributed by atoms with Gasteiger partial charge in [0.05, 0.1) is 42.1 Å². The SMILES string of the molecule is C/C(=N\NC(=O)c1ccc(C(=O)NC2CCC(O)CC2)s1)c1csc(-c2ccc(Cl)c(Cl)c2)c1O. The lowest BCUT2D eigenvalue weighted by Crippen LogP contribution is -2.38. The summed E-state index contributed by atoms with van der Waals surface area (Å²) in [5.74, 6) is -0.643. The molecule has 0 spiro atoms. The molecule has 1 saturated carbocycles. The fourth-order valence-electron chi connectivity index (χ4n) is 3.76. The number of amides is 2. The number of halogens is 2. The summed E-state index contributed by atoms with van der Waals surface area (Å²) in [5, 5.41) is 29.9. The van der Waals surface area contributed by atoms with Crippen LogP contribution in [0.25, 0.3) is 10.4 Å². The van der Waals surface area contributed by atoms with Gasteiger partial charge >= 0.3 is 0 Å². The van der Waals surface area contributed by atoms with Gasteiger partial charge in [-0.3, -0.25) is 9.59 Å². The van der Waals surface area contributed by atoms with E-state index < -0.39 is 5.91 Å². The zero-order chi connectivity index (χ0) is 25.1. The van der Waals surface area contributed by atoms with Crippen molar-refractivity contribution in [2.45, 2.75) is 44.8 Å². The zero-order valence-electron chi connectivity index (χ0n) is 18.7. The number of hydrogen-bond acceptors (Lipinski definition) is 7. The molecule has 2 aromatic heterocycles. The molecule has 35 heavy (non-hydrogen) atoms. The Hall–Kier alpha value is -2.43. The van der Waals surface area contributed by atoms with Gasteiger partial charge in [-0.25, -0.2) is 5.43 Å². The van der Waals surface area contributed by atoms with Crippen molar-refractivity contribution in [2.75, 3.05) is 0 Å². The number of rotatable bonds is 6. The maximum Gasteiger partial charge on any atom is 0.281 e. The van der Waals surface area contributed by atoms with Crippen molar-refractivity contribution in [1.82, 2.24) is 10.7 Å². The minimum Gasteiger partial charge on any atom is -0.506 e. The standard InChI is InChI=1S/C24H23Cl2N3O4S2/c1-12(16-11-34-22(21(16)31)13-2-7-17(25)18(26)10-13)28-29-24(33)20-9-8-19(35-20)23(32)27-14-3-5-15(30)6-4-14/h2,7-11,14-15,30-31H,3-6H2,1H3,(H,27,32)(H,29,33)/b28-12+. The zero-order valence-corrected chi connectivity index (χ0v) is 21.8. The van der Waals surface area contributed by atoms with Crippen molar-refractivity contribution in [2.24, 2.45) is 5.10 Å².